The van der Waals surface area contributed by atoms with Gasteiger partial charge in [0.2, 0.25) is 0 Å². The maximum Gasteiger partial charge on any atom is 0.313 e. The molecule has 3 N–H and O–H groups in total. The standard InChI is InChI=1S/C19H28N2O3/c1-3-13-10-7-11-14(4-2)17(13)21-19(24)18(23)20-12-16(22)15-8-5-6-9-15/h7,10-11,15-16,22H,3-6,8-9,12H2,1-2H3,(H,20,23)(H,21,24). The minimum absolute atomic E-state index is 0.132. The third kappa shape index (κ3) is 4.57. The number of aliphatic hydroxyl groups is 1. The highest BCUT2D eigenvalue weighted by Gasteiger charge is 2.24. The first-order valence-electron chi connectivity index (χ1n) is 8.94. The van der Waals surface area contributed by atoms with Gasteiger partial charge in [-0.05, 0) is 42.7 Å². The Morgan fingerprint density at radius 1 is 1.12 bits per heavy atom. The van der Waals surface area contributed by atoms with Crippen molar-refractivity contribution in [3.05, 3.63) is 29.3 Å². The zero-order chi connectivity index (χ0) is 17.5. The van der Waals surface area contributed by atoms with Crippen molar-refractivity contribution in [2.24, 2.45) is 5.92 Å². The lowest BCUT2D eigenvalue weighted by Crippen LogP contribution is -2.41. The van der Waals surface area contributed by atoms with E-state index in [1.54, 1.807) is 0 Å². The fraction of sp³-hybridized carbons (Fsp3) is 0.579. The first-order valence-corrected chi connectivity index (χ1v) is 8.94. The lowest BCUT2D eigenvalue weighted by Gasteiger charge is -2.18. The fourth-order valence-corrected chi connectivity index (χ4v) is 3.36. The molecule has 0 saturated heterocycles. The molecule has 1 saturated carbocycles. The van der Waals surface area contributed by atoms with Gasteiger partial charge in [-0.25, -0.2) is 0 Å². The van der Waals surface area contributed by atoms with Gasteiger partial charge in [0.15, 0.2) is 0 Å². The largest absolute Gasteiger partial charge is 0.391 e. The van der Waals surface area contributed by atoms with Gasteiger partial charge in [0.25, 0.3) is 0 Å². The molecule has 0 aliphatic heterocycles. The van der Waals surface area contributed by atoms with Crippen molar-refractivity contribution in [3.8, 4) is 0 Å². The topological polar surface area (TPSA) is 78.4 Å². The molecule has 1 aromatic carbocycles. The summed E-state index contributed by atoms with van der Waals surface area (Å²) < 4.78 is 0. The molecule has 1 fully saturated rings. The molecule has 5 heteroatoms. The smallest absolute Gasteiger partial charge is 0.313 e. The maximum absolute atomic E-state index is 12.2. The molecule has 24 heavy (non-hydrogen) atoms. The Hall–Kier alpha value is -1.88. The third-order valence-electron chi connectivity index (χ3n) is 4.86. The summed E-state index contributed by atoms with van der Waals surface area (Å²) in [6.45, 7) is 4.16. The Morgan fingerprint density at radius 3 is 2.25 bits per heavy atom. The van der Waals surface area contributed by atoms with Gasteiger partial charge in [-0.15, -0.1) is 0 Å². The molecular weight excluding hydrogens is 304 g/mol. The number of carbonyl (C=O) groups is 2. The van der Waals surface area contributed by atoms with Gasteiger partial charge in [-0.2, -0.15) is 0 Å². The summed E-state index contributed by atoms with van der Waals surface area (Å²) in [4.78, 5) is 24.2. The van der Waals surface area contributed by atoms with E-state index in [1.807, 2.05) is 32.0 Å². The number of hydrogen-bond donors (Lipinski definition) is 3. The molecule has 0 bridgehead atoms. The second kappa shape index (κ2) is 8.83. The number of nitrogens with one attached hydrogen (secondary N) is 2. The maximum atomic E-state index is 12.2. The summed E-state index contributed by atoms with van der Waals surface area (Å²) >= 11 is 0. The second-order valence-electron chi connectivity index (χ2n) is 6.43. The van der Waals surface area contributed by atoms with E-state index < -0.39 is 17.9 Å². The van der Waals surface area contributed by atoms with Gasteiger partial charge in [0.05, 0.1) is 6.10 Å². The summed E-state index contributed by atoms with van der Waals surface area (Å²) in [6, 6.07) is 5.87. The van der Waals surface area contributed by atoms with Gasteiger partial charge >= 0.3 is 11.8 Å². The Labute approximate surface area is 143 Å². The minimum atomic E-state index is -0.694. The summed E-state index contributed by atoms with van der Waals surface area (Å²) in [5, 5.41) is 15.4. The Kier molecular flexibility index (Phi) is 6.79. The Balaban J connectivity index is 1.93. The Morgan fingerprint density at radius 2 is 1.71 bits per heavy atom. The van der Waals surface area contributed by atoms with Crippen LogP contribution < -0.4 is 10.6 Å². The van der Waals surface area contributed by atoms with Crippen LogP contribution in [0, 0.1) is 5.92 Å². The molecule has 1 aliphatic rings. The van der Waals surface area contributed by atoms with E-state index in [4.69, 9.17) is 0 Å². The van der Waals surface area contributed by atoms with Crippen LogP contribution >= 0.6 is 0 Å². The lowest BCUT2D eigenvalue weighted by molar-refractivity contribution is -0.136. The number of aliphatic hydroxyl groups excluding tert-OH is 1. The Bertz CT molecular complexity index is 558. The zero-order valence-electron chi connectivity index (χ0n) is 14.6. The molecule has 0 aromatic heterocycles. The van der Waals surface area contributed by atoms with Crippen LogP contribution in [0.2, 0.25) is 0 Å². The van der Waals surface area contributed by atoms with E-state index in [-0.39, 0.29) is 12.5 Å². The molecule has 1 atom stereocenters. The number of hydrogen-bond acceptors (Lipinski definition) is 3. The second-order valence-corrected chi connectivity index (χ2v) is 6.43. The van der Waals surface area contributed by atoms with E-state index >= 15 is 0 Å². The summed E-state index contributed by atoms with van der Waals surface area (Å²) in [6.07, 6.45) is 5.24. The summed E-state index contributed by atoms with van der Waals surface area (Å²) in [7, 11) is 0. The van der Waals surface area contributed by atoms with Gasteiger partial charge < -0.3 is 15.7 Å². The van der Waals surface area contributed by atoms with Crippen molar-refractivity contribution in [2.75, 3.05) is 11.9 Å². The molecule has 2 rings (SSSR count). The molecular formula is C19H28N2O3. The van der Waals surface area contributed by atoms with Crippen molar-refractivity contribution < 1.29 is 14.7 Å². The first kappa shape index (κ1) is 18.5. The highest BCUT2D eigenvalue weighted by molar-refractivity contribution is 6.39. The highest BCUT2D eigenvalue weighted by Crippen LogP contribution is 2.27. The number of aryl methyl sites for hydroxylation is 2. The monoisotopic (exact) mass is 332 g/mol. The number of amides is 2. The SMILES string of the molecule is CCc1cccc(CC)c1NC(=O)C(=O)NCC(O)C1CCCC1. The summed E-state index contributed by atoms with van der Waals surface area (Å²) in [5.41, 5.74) is 2.77. The van der Waals surface area contributed by atoms with E-state index in [9.17, 15) is 14.7 Å². The van der Waals surface area contributed by atoms with E-state index in [0.29, 0.717) is 0 Å². The van der Waals surface area contributed by atoms with Gasteiger partial charge in [0, 0.05) is 12.2 Å². The molecule has 2 amide bonds. The number of anilines is 1. The number of benzene rings is 1. The predicted molar refractivity (Wildman–Crippen MR) is 94.8 cm³/mol. The first-order chi connectivity index (χ1) is 11.6. The summed E-state index contributed by atoms with van der Waals surface area (Å²) in [5.74, 6) is -1.13. The molecule has 0 spiro atoms. The highest BCUT2D eigenvalue weighted by atomic mass is 16.3. The molecule has 1 unspecified atom stereocenters. The fourth-order valence-electron chi connectivity index (χ4n) is 3.36. The number of carbonyl (C=O) groups excluding carboxylic acids is 2. The van der Waals surface area contributed by atoms with Gasteiger partial charge in [-0.3, -0.25) is 9.59 Å². The molecule has 5 nitrogen and oxygen atoms in total. The molecule has 132 valence electrons. The van der Waals surface area contributed by atoms with Crippen molar-refractivity contribution in [1.29, 1.82) is 0 Å². The van der Waals surface area contributed by atoms with Crippen molar-refractivity contribution in [2.45, 2.75) is 58.5 Å². The van der Waals surface area contributed by atoms with Crippen molar-refractivity contribution in [1.82, 2.24) is 5.32 Å². The minimum Gasteiger partial charge on any atom is -0.391 e. The zero-order valence-corrected chi connectivity index (χ0v) is 14.6. The van der Waals surface area contributed by atoms with Crippen LogP contribution in [0.3, 0.4) is 0 Å². The number of rotatable bonds is 6. The number of para-hydroxylation sites is 1. The van der Waals surface area contributed by atoms with Crippen LogP contribution in [0.4, 0.5) is 5.69 Å². The van der Waals surface area contributed by atoms with E-state index in [1.165, 1.54) is 0 Å². The van der Waals surface area contributed by atoms with Gasteiger partial charge in [0.1, 0.15) is 0 Å². The quantitative estimate of drug-likeness (QED) is 0.700. The predicted octanol–water partition coefficient (Wildman–Crippen LogP) is 2.42. The van der Waals surface area contributed by atoms with Crippen LogP contribution in [-0.2, 0) is 22.4 Å². The normalized spacial score (nSPS) is 16.0. The molecule has 0 radical (unpaired) electrons. The molecule has 1 aliphatic carbocycles. The van der Waals surface area contributed by atoms with Crippen molar-refractivity contribution in [3.63, 3.8) is 0 Å². The van der Waals surface area contributed by atoms with Crippen LogP contribution in [-0.4, -0.2) is 29.6 Å². The van der Waals surface area contributed by atoms with Crippen molar-refractivity contribution >= 4 is 17.5 Å². The molecule has 1 aromatic rings. The molecule has 0 heterocycles. The van der Waals surface area contributed by atoms with Crippen LogP contribution in [0.1, 0.15) is 50.7 Å². The average Bonchev–Trinajstić information content (AvgIpc) is 3.14. The third-order valence-corrected chi connectivity index (χ3v) is 4.86. The van der Waals surface area contributed by atoms with Crippen LogP contribution in [0.15, 0.2) is 18.2 Å². The van der Waals surface area contributed by atoms with Gasteiger partial charge in [-0.1, -0.05) is 44.9 Å². The van der Waals surface area contributed by atoms with E-state index in [2.05, 4.69) is 10.6 Å². The van der Waals surface area contributed by atoms with Crippen LogP contribution in [0.5, 0.6) is 0 Å². The average molecular weight is 332 g/mol. The van der Waals surface area contributed by atoms with Crippen LogP contribution in [0.25, 0.3) is 0 Å². The lowest BCUT2D eigenvalue weighted by atomic mass is 10.0. The van der Waals surface area contributed by atoms with E-state index in [0.717, 1.165) is 55.3 Å².